The van der Waals surface area contributed by atoms with Gasteiger partial charge in [0, 0.05) is 32.3 Å². The Bertz CT molecular complexity index is 625. The summed E-state index contributed by atoms with van der Waals surface area (Å²) in [6.45, 7) is 2.10. The van der Waals surface area contributed by atoms with E-state index in [9.17, 15) is 18.4 Å². The highest BCUT2D eigenvalue weighted by Gasteiger charge is 2.57. The van der Waals surface area contributed by atoms with E-state index in [4.69, 9.17) is 0 Å². The minimum atomic E-state index is -3.08. The third-order valence-electron chi connectivity index (χ3n) is 4.58. The zero-order chi connectivity index (χ0) is 16.7. The fourth-order valence-electron chi connectivity index (χ4n) is 3.54. The van der Waals surface area contributed by atoms with Gasteiger partial charge < -0.3 is 9.80 Å². The summed E-state index contributed by atoms with van der Waals surface area (Å²) in [7, 11) is 0. The molecule has 3 heterocycles. The monoisotopic (exact) mass is 324 g/mol. The summed E-state index contributed by atoms with van der Waals surface area (Å²) in [5.41, 5.74) is -1.12. The van der Waals surface area contributed by atoms with Gasteiger partial charge in [0.2, 0.25) is 5.91 Å². The van der Waals surface area contributed by atoms with E-state index in [1.165, 1.54) is 18.6 Å². The molecule has 0 saturated carbocycles. The summed E-state index contributed by atoms with van der Waals surface area (Å²) in [4.78, 5) is 35.2. The third-order valence-corrected chi connectivity index (χ3v) is 4.58. The number of carbonyl (C=O) groups is 2. The Kier molecular flexibility index (Phi) is 3.77. The van der Waals surface area contributed by atoms with E-state index in [1.807, 2.05) is 6.92 Å². The molecule has 3 rings (SSSR count). The van der Waals surface area contributed by atoms with Crippen LogP contribution in [0.15, 0.2) is 18.6 Å². The maximum Gasteiger partial charge on any atom is 0.272 e. The van der Waals surface area contributed by atoms with Crippen molar-refractivity contribution in [3.63, 3.8) is 0 Å². The second-order valence-corrected chi connectivity index (χ2v) is 6.20. The summed E-state index contributed by atoms with van der Waals surface area (Å²) in [5.74, 6) is -3.95. The highest BCUT2D eigenvalue weighted by molar-refractivity contribution is 5.93. The van der Waals surface area contributed by atoms with Crippen LogP contribution >= 0.6 is 0 Å². The van der Waals surface area contributed by atoms with Gasteiger partial charge in [-0.05, 0) is 19.4 Å². The normalized spacial score (nSPS) is 26.8. The first-order valence-electron chi connectivity index (χ1n) is 7.59. The number of halogens is 2. The Morgan fingerprint density at radius 1 is 1.39 bits per heavy atom. The van der Waals surface area contributed by atoms with Crippen LogP contribution in [-0.2, 0) is 4.79 Å². The van der Waals surface area contributed by atoms with Crippen LogP contribution in [-0.4, -0.2) is 63.7 Å². The van der Waals surface area contributed by atoms with Crippen molar-refractivity contribution >= 4 is 11.8 Å². The highest BCUT2D eigenvalue weighted by atomic mass is 19.3. The zero-order valence-electron chi connectivity index (χ0n) is 12.8. The predicted molar refractivity (Wildman–Crippen MR) is 76.8 cm³/mol. The van der Waals surface area contributed by atoms with E-state index in [1.54, 1.807) is 4.90 Å². The van der Waals surface area contributed by atoms with Crippen LogP contribution in [0.5, 0.6) is 0 Å². The molecule has 2 saturated heterocycles. The standard InChI is InChI=1S/C15H18F2N4O2/c1-2-20-6-4-14(13(20)23)7-15(16,17)9-21(8-14)12(22)11-3-5-18-10-19-11/h3,5,10H,2,4,6-9H2,1H3/t14-/m0/s1. The van der Waals surface area contributed by atoms with Crippen molar-refractivity contribution in [3.8, 4) is 0 Å². The summed E-state index contributed by atoms with van der Waals surface area (Å²) in [6.07, 6.45) is 2.44. The van der Waals surface area contributed by atoms with Crippen LogP contribution in [0.2, 0.25) is 0 Å². The number of nitrogens with zero attached hydrogens (tertiary/aromatic N) is 4. The lowest BCUT2D eigenvalue weighted by Gasteiger charge is -2.42. The van der Waals surface area contributed by atoms with E-state index in [2.05, 4.69) is 9.97 Å². The fourth-order valence-corrected chi connectivity index (χ4v) is 3.54. The first-order chi connectivity index (χ1) is 10.9. The maximum atomic E-state index is 14.2. The molecular weight excluding hydrogens is 306 g/mol. The van der Waals surface area contributed by atoms with E-state index >= 15 is 0 Å². The molecule has 8 heteroatoms. The van der Waals surface area contributed by atoms with Crippen LogP contribution in [0, 0.1) is 5.41 Å². The molecule has 124 valence electrons. The van der Waals surface area contributed by atoms with Gasteiger partial charge in [-0.2, -0.15) is 0 Å². The molecule has 1 aromatic heterocycles. The molecule has 2 aliphatic rings. The molecule has 1 spiro atoms. The molecule has 0 unspecified atom stereocenters. The fraction of sp³-hybridized carbons (Fsp3) is 0.600. The number of hydrogen-bond donors (Lipinski definition) is 0. The number of amides is 2. The lowest BCUT2D eigenvalue weighted by Crippen LogP contribution is -2.57. The quantitative estimate of drug-likeness (QED) is 0.820. The van der Waals surface area contributed by atoms with Crippen molar-refractivity contribution < 1.29 is 18.4 Å². The summed E-state index contributed by atoms with van der Waals surface area (Å²) >= 11 is 0. The summed E-state index contributed by atoms with van der Waals surface area (Å²) in [5, 5.41) is 0. The van der Waals surface area contributed by atoms with Crippen molar-refractivity contribution in [2.45, 2.75) is 25.7 Å². The highest BCUT2D eigenvalue weighted by Crippen LogP contribution is 2.45. The molecule has 0 aliphatic carbocycles. The van der Waals surface area contributed by atoms with Gasteiger partial charge in [0.25, 0.3) is 11.8 Å². The molecule has 1 atom stereocenters. The topological polar surface area (TPSA) is 66.4 Å². The minimum Gasteiger partial charge on any atom is -0.342 e. The van der Waals surface area contributed by atoms with Gasteiger partial charge in [0.1, 0.15) is 12.0 Å². The second-order valence-electron chi connectivity index (χ2n) is 6.20. The molecular formula is C15H18F2N4O2. The average molecular weight is 324 g/mol. The molecule has 6 nitrogen and oxygen atoms in total. The van der Waals surface area contributed by atoms with E-state index < -0.39 is 30.2 Å². The van der Waals surface area contributed by atoms with E-state index in [-0.39, 0.29) is 18.1 Å². The molecule has 0 aromatic carbocycles. The Balaban J connectivity index is 1.88. The van der Waals surface area contributed by atoms with Gasteiger partial charge in [-0.25, -0.2) is 18.7 Å². The molecule has 2 amide bonds. The number of likely N-dealkylation sites (tertiary alicyclic amines) is 2. The van der Waals surface area contributed by atoms with Crippen molar-refractivity contribution in [2.75, 3.05) is 26.2 Å². The van der Waals surface area contributed by atoms with E-state index in [0.717, 1.165) is 4.90 Å². The van der Waals surface area contributed by atoms with Gasteiger partial charge in [-0.15, -0.1) is 0 Å². The van der Waals surface area contributed by atoms with Crippen molar-refractivity contribution in [1.29, 1.82) is 0 Å². The number of rotatable bonds is 2. The molecule has 23 heavy (non-hydrogen) atoms. The van der Waals surface area contributed by atoms with Crippen molar-refractivity contribution in [3.05, 3.63) is 24.3 Å². The summed E-state index contributed by atoms with van der Waals surface area (Å²) in [6, 6.07) is 1.39. The van der Waals surface area contributed by atoms with Gasteiger partial charge >= 0.3 is 0 Å². The van der Waals surface area contributed by atoms with Gasteiger partial charge in [0.05, 0.1) is 12.0 Å². The molecule has 0 N–H and O–H groups in total. The molecule has 1 aromatic rings. The Morgan fingerprint density at radius 2 is 2.17 bits per heavy atom. The Hall–Kier alpha value is -2.12. The first-order valence-corrected chi connectivity index (χ1v) is 7.59. The zero-order valence-corrected chi connectivity index (χ0v) is 12.8. The summed E-state index contributed by atoms with van der Waals surface area (Å²) < 4.78 is 28.5. The van der Waals surface area contributed by atoms with Gasteiger partial charge in [-0.1, -0.05) is 0 Å². The molecule has 0 radical (unpaired) electrons. The molecule has 2 fully saturated rings. The molecule has 2 aliphatic heterocycles. The predicted octanol–water partition coefficient (Wildman–Crippen LogP) is 1.20. The van der Waals surface area contributed by atoms with Crippen LogP contribution in [0.4, 0.5) is 8.78 Å². The number of aromatic nitrogens is 2. The maximum absolute atomic E-state index is 14.2. The SMILES string of the molecule is CCN1CC[C@]2(CN(C(=O)c3ccncn3)CC(F)(F)C2)C1=O. The first kappa shape index (κ1) is 15.8. The second kappa shape index (κ2) is 5.50. The lowest BCUT2D eigenvalue weighted by atomic mass is 9.77. The van der Waals surface area contributed by atoms with Crippen LogP contribution < -0.4 is 0 Å². The average Bonchev–Trinajstić information content (AvgIpc) is 2.81. The number of hydrogen-bond acceptors (Lipinski definition) is 4. The number of carbonyl (C=O) groups excluding carboxylic acids is 2. The van der Waals surface area contributed by atoms with Crippen molar-refractivity contribution in [2.24, 2.45) is 5.41 Å². The van der Waals surface area contributed by atoms with Crippen molar-refractivity contribution in [1.82, 2.24) is 19.8 Å². The smallest absolute Gasteiger partial charge is 0.272 e. The molecule has 0 bridgehead atoms. The lowest BCUT2D eigenvalue weighted by molar-refractivity contribution is -0.151. The number of piperidine rings is 1. The van der Waals surface area contributed by atoms with Crippen LogP contribution in [0.1, 0.15) is 30.3 Å². The van der Waals surface area contributed by atoms with Crippen LogP contribution in [0.25, 0.3) is 0 Å². The van der Waals surface area contributed by atoms with Crippen LogP contribution in [0.3, 0.4) is 0 Å². The van der Waals surface area contributed by atoms with E-state index in [0.29, 0.717) is 19.5 Å². The Labute approximate surface area is 132 Å². The largest absolute Gasteiger partial charge is 0.342 e. The van der Waals surface area contributed by atoms with Gasteiger partial charge in [-0.3, -0.25) is 9.59 Å². The minimum absolute atomic E-state index is 0.0146. The van der Waals surface area contributed by atoms with Gasteiger partial charge in [0.15, 0.2) is 0 Å². The number of alkyl halides is 2. The Morgan fingerprint density at radius 3 is 2.78 bits per heavy atom. The third kappa shape index (κ3) is 2.77.